The van der Waals surface area contributed by atoms with Crippen molar-refractivity contribution in [3.8, 4) is 0 Å². The van der Waals surface area contributed by atoms with Gasteiger partial charge < -0.3 is 15.0 Å². The lowest BCUT2D eigenvalue weighted by atomic mass is 9.94. The number of hydrogen-bond acceptors (Lipinski definition) is 4. The Morgan fingerprint density at radius 1 is 1.47 bits per heavy atom. The van der Waals surface area contributed by atoms with E-state index in [0.29, 0.717) is 6.04 Å². The topological polar surface area (TPSA) is 41.6 Å². The molecule has 1 aliphatic rings. The molecule has 0 aromatic carbocycles. The Bertz CT molecular complexity index is 281. The molecule has 0 aromatic rings. The van der Waals surface area contributed by atoms with Crippen molar-refractivity contribution in [3.05, 3.63) is 0 Å². The van der Waals surface area contributed by atoms with Gasteiger partial charge in [0.2, 0.25) is 0 Å². The summed E-state index contributed by atoms with van der Waals surface area (Å²) in [6, 6.07) is 0.706. The van der Waals surface area contributed by atoms with Gasteiger partial charge in [-0.15, -0.1) is 0 Å². The zero-order chi connectivity index (χ0) is 14.3. The molecule has 4 heteroatoms. The maximum absolute atomic E-state index is 11.8. The smallest absolute Gasteiger partial charge is 0.325 e. The van der Waals surface area contributed by atoms with Crippen LogP contribution in [0.4, 0.5) is 0 Å². The fourth-order valence-corrected chi connectivity index (χ4v) is 2.94. The summed E-state index contributed by atoms with van der Waals surface area (Å²) in [6.45, 7) is 6.32. The first-order valence-corrected chi connectivity index (χ1v) is 7.58. The van der Waals surface area contributed by atoms with Crippen molar-refractivity contribution >= 4 is 5.97 Å². The van der Waals surface area contributed by atoms with Gasteiger partial charge in [-0.05, 0) is 46.2 Å². The fraction of sp³-hybridized carbons (Fsp3) is 0.933. The summed E-state index contributed by atoms with van der Waals surface area (Å²) < 4.78 is 4.90. The van der Waals surface area contributed by atoms with E-state index < -0.39 is 5.54 Å². The molecule has 1 saturated heterocycles. The number of piperidine rings is 1. The van der Waals surface area contributed by atoms with Gasteiger partial charge in [0.05, 0.1) is 7.11 Å². The molecule has 0 saturated carbocycles. The molecular formula is C15H30N2O2. The summed E-state index contributed by atoms with van der Waals surface area (Å²) in [4.78, 5) is 14.4. The molecule has 1 fully saturated rings. The largest absolute Gasteiger partial charge is 0.468 e. The van der Waals surface area contributed by atoms with Crippen molar-refractivity contribution in [2.75, 3.05) is 27.2 Å². The standard InChI is InChI=1S/C15H30N2O2/c1-5-8-13-9-6-7-11-17(13)12-10-15(2,16-3)14(18)19-4/h13,16H,5-12H2,1-4H3. The molecule has 0 amide bonds. The summed E-state index contributed by atoms with van der Waals surface area (Å²) in [5.74, 6) is -0.168. The number of likely N-dealkylation sites (N-methyl/N-ethyl adjacent to an activating group) is 1. The average Bonchev–Trinajstić information content (AvgIpc) is 2.45. The van der Waals surface area contributed by atoms with E-state index in [9.17, 15) is 4.79 Å². The third kappa shape index (κ3) is 4.46. The van der Waals surface area contributed by atoms with E-state index in [1.54, 1.807) is 0 Å². The van der Waals surface area contributed by atoms with Crippen LogP contribution in [0.15, 0.2) is 0 Å². The zero-order valence-corrected chi connectivity index (χ0v) is 13.0. The lowest BCUT2D eigenvalue weighted by Crippen LogP contribution is -2.51. The van der Waals surface area contributed by atoms with Crippen LogP contribution in [0, 0.1) is 0 Å². The minimum absolute atomic E-state index is 0.168. The molecule has 1 rings (SSSR count). The molecule has 112 valence electrons. The van der Waals surface area contributed by atoms with Crippen molar-refractivity contribution in [1.29, 1.82) is 0 Å². The molecule has 0 spiro atoms. The van der Waals surface area contributed by atoms with Gasteiger partial charge in [0.25, 0.3) is 0 Å². The van der Waals surface area contributed by atoms with E-state index >= 15 is 0 Å². The molecule has 1 N–H and O–H groups in total. The van der Waals surface area contributed by atoms with Crippen LogP contribution in [0.5, 0.6) is 0 Å². The Balaban J connectivity index is 2.54. The van der Waals surface area contributed by atoms with E-state index in [4.69, 9.17) is 4.74 Å². The maximum Gasteiger partial charge on any atom is 0.325 e. The number of methoxy groups -OCH3 is 1. The molecule has 0 bridgehead atoms. The van der Waals surface area contributed by atoms with Crippen LogP contribution < -0.4 is 5.32 Å². The fourth-order valence-electron chi connectivity index (χ4n) is 2.94. The van der Waals surface area contributed by atoms with Gasteiger partial charge in [0.1, 0.15) is 5.54 Å². The van der Waals surface area contributed by atoms with Crippen molar-refractivity contribution in [1.82, 2.24) is 10.2 Å². The van der Waals surface area contributed by atoms with Gasteiger partial charge in [0, 0.05) is 12.6 Å². The molecule has 19 heavy (non-hydrogen) atoms. The van der Waals surface area contributed by atoms with E-state index in [1.165, 1.54) is 45.8 Å². The summed E-state index contributed by atoms with van der Waals surface area (Å²) in [5, 5.41) is 3.11. The molecule has 2 atom stereocenters. The number of likely N-dealkylation sites (tertiary alicyclic amines) is 1. The highest BCUT2D eigenvalue weighted by atomic mass is 16.5. The first kappa shape index (κ1) is 16.4. The van der Waals surface area contributed by atoms with Crippen molar-refractivity contribution < 1.29 is 9.53 Å². The monoisotopic (exact) mass is 270 g/mol. The molecular weight excluding hydrogens is 240 g/mol. The molecule has 1 aliphatic heterocycles. The third-order valence-electron chi connectivity index (χ3n) is 4.46. The first-order chi connectivity index (χ1) is 9.07. The predicted molar refractivity (Wildman–Crippen MR) is 78.2 cm³/mol. The summed E-state index contributed by atoms with van der Waals surface area (Å²) in [7, 11) is 3.29. The molecule has 0 aromatic heterocycles. The number of esters is 1. The van der Waals surface area contributed by atoms with Crippen LogP contribution >= 0.6 is 0 Å². The van der Waals surface area contributed by atoms with E-state index in [-0.39, 0.29) is 5.97 Å². The second-order valence-corrected chi connectivity index (χ2v) is 5.80. The van der Waals surface area contributed by atoms with Crippen molar-refractivity contribution in [2.24, 2.45) is 0 Å². The van der Waals surface area contributed by atoms with Gasteiger partial charge in [-0.3, -0.25) is 4.79 Å². The Morgan fingerprint density at radius 2 is 2.21 bits per heavy atom. The first-order valence-electron chi connectivity index (χ1n) is 7.58. The number of hydrogen-bond donors (Lipinski definition) is 1. The Hall–Kier alpha value is -0.610. The van der Waals surface area contributed by atoms with E-state index in [0.717, 1.165) is 13.0 Å². The lowest BCUT2D eigenvalue weighted by Gasteiger charge is -2.38. The van der Waals surface area contributed by atoms with E-state index in [1.807, 2.05) is 14.0 Å². The van der Waals surface area contributed by atoms with Crippen LogP contribution in [0.1, 0.15) is 52.4 Å². The molecule has 4 nitrogen and oxygen atoms in total. The number of ether oxygens (including phenoxy) is 1. The normalized spacial score (nSPS) is 23.9. The van der Waals surface area contributed by atoms with Crippen LogP contribution in [0.2, 0.25) is 0 Å². The summed E-state index contributed by atoms with van der Waals surface area (Å²) in [5.41, 5.74) is -0.567. The highest BCUT2D eigenvalue weighted by molar-refractivity contribution is 5.80. The third-order valence-corrected chi connectivity index (χ3v) is 4.46. The molecule has 0 radical (unpaired) electrons. The second kappa shape index (κ2) is 7.85. The maximum atomic E-state index is 11.8. The highest BCUT2D eigenvalue weighted by Crippen LogP contribution is 2.22. The average molecular weight is 270 g/mol. The van der Waals surface area contributed by atoms with Crippen LogP contribution in [0.25, 0.3) is 0 Å². The van der Waals surface area contributed by atoms with Gasteiger partial charge in [-0.1, -0.05) is 19.8 Å². The Labute approximate surface area is 117 Å². The Morgan fingerprint density at radius 3 is 2.79 bits per heavy atom. The molecule has 1 heterocycles. The Kier molecular flexibility index (Phi) is 6.80. The number of carbonyl (C=O) groups excluding carboxylic acids is 1. The minimum Gasteiger partial charge on any atom is -0.468 e. The number of rotatable bonds is 7. The van der Waals surface area contributed by atoms with Gasteiger partial charge >= 0.3 is 5.97 Å². The number of nitrogens with one attached hydrogen (secondary N) is 1. The second-order valence-electron chi connectivity index (χ2n) is 5.80. The van der Waals surface area contributed by atoms with Gasteiger partial charge in [-0.2, -0.15) is 0 Å². The minimum atomic E-state index is -0.567. The lowest BCUT2D eigenvalue weighted by molar-refractivity contribution is -0.148. The summed E-state index contributed by atoms with van der Waals surface area (Å²) in [6.07, 6.45) is 7.25. The zero-order valence-electron chi connectivity index (χ0n) is 13.0. The van der Waals surface area contributed by atoms with Gasteiger partial charge in [0.15, 0.2) is 0 Å². The quantitative estimate of drug-likeness (QED) is 0.720. The molecule has 0 aliphatic carbocycles. The highest BCUT2D eigenvalue weighted by Gasteiger charge is 2.33. The number of nitrogens with zero attached hydrogens (tertiary/aromatic N) is 1. The SMILES string of the molecule is CCCC1CCCCN1CCC(C)(NC)C(=O)OC. The molecule has 2 unspecified atom stereocenters. The number of carbonyl (C=O) groups is 1. The van der Waals surface area contributed by atoms with Crippen molar-refractivity contribution in [3.63, 3.8) is 0 Å². The van der Waals surface area contributed by atoms with Crippen molar-refractivity contribution in [2.45, 2.75) is 64.0 Å². The van der Waals surface area contributed by atoms with Crippen LogP contribution in [-0.2, 0) is 9.53 Å². The van der Waals surface area contributed by atoms with Crippen LogP contribution in [0.3, 0.4) is 0 Å². The predicted octanol–water partition coefficient (Wildman–Crippen LogP) is 2.18. The van der Waals surface area contributed by atoms with Gasteiger partial charge in [-0.25, -0.2) is 0 Å². The van der Waals surface area contributed by atoms with Crippen LogP contribution in [-0.4, -0.2) is 49.7 Å². The van der Waals surface area contributed by atoms with E-state index in [2.05, 4.69) is 17.1 Å². The summed E-state index contributed by atoms with van der Waals surface area (Å²) >= 11 is 0.